The second kappa shape index (κ2) is 8.75. The van der Waals surface area contributed by atoms with E-state index in [-0.39, 0.29) is 0 Å². The molecule has 0 fully saturated rings. The summed E-state index contributed by atoms with van der Waals surface area (Å²) in [4.78, 5) is 4.51. The van der Waals surface area contributed by atoms with E-state index in [2.05, 4.69) is 43.7 Å². The zero-order valence-electron chi connectivity index (χ0n) is 13.3. The average Bonchev–Trinajstić information content (AvgIpc) is 2.37. The van der Waals surface area contributed by atoms with E-state index >= 15 is 0 Å². The van der Waals surface area contributed by atoms with Gasteiger partial charge in [0.15, 0.2) is 0 Å². The highest BCUT2D eigenvalue weighted by Gasteiger charge is 2.04. The molecule has 0 aliphatic heterocycles. The molecule has 1 aromatic heterocycles. The average molecular weight is 276 g/mol. The molecule has 0 aliphatic rings. The van der Waals surface area contributed by atoms with Crippen molar-refractivity contribution < 1.29 is 4.74 Å². The quantitative estimate of drug-likeness (QED) is 0.698. The van der Waals surface area contributed by atoms with E-state index in [1.807, 2.05) is 13.0 Å². The maximum atomic E-state index is 5.73. The van der Waals surface area contributed by atoms with Crippen molar-refractivity contribution in [3.63, 3.8) is 0 Å². The number of aromatic nitrogens is 1. The molecule has 0 radical (unpaired) electrons. The molecule has 0 atom stereocenters. The first-order valence-electron chi connectivity index (χ1n) is 7.49. The molecule has 1 heterocycles. The molecule has 1 N–H and O–H groups in total. The van der Waals surface area contributed by atoms with Crippen LogP contribution in [-0.4, -0.2) is 18.1 Å². The summed E-state index contributed by atoms with van der Waals surface area (Å²) in [5, 5.41) is 3.46. The summed E-state index contributed by atoms with van der Waals surface area (Å²) in [6.45, 7) is 15.0. The van der Waals surface area contributed by atoms with Crippen LogP contribution in [0.25, 0.3) is 0 Å². The molecule has 0 spiro atoms. The molecule has 0 saturated carbocycles. The zero-order chi connectivity index (χ0) is 15.0. The molecular formula is C17H28N2O. The summed E-state index contributed by atoms with van der Waals surface area (Å²) >= 11 is 0. The first kappa shape index (κ1) is 16.7. The molecule has 20 heavy (non-hydrogen) atoms. The third-order valence-corrected chi connectivity index (χ3v) is 2.94. The molecule has 3 nitrogen and oxygen atoms in total. The molecule has 112 valence electrons. The highest BCUT2D eigenvalue weighted by molar-refractivity contribution is 5.25. The number of rotatable bonds is 9. The lowest BCUT2D eigenvalue weighted by molar-refractivity contribution is 0.308. The Hall–Kier alpha value is -1.35. The fraction of sp³-hybridized carbons (Fsp3) is 0.588. The lowest BCUT2D eigenvalue weighted by Crippen LogP contribution is -2.19. The van der Waals surface area contributed by atoms with E-state index in [9.17, 15) is 0 Å². The van der Waals surface area contributed by atoms with Crippen LogP contribution in [0.5, 0.6) is 5.88 Å². The van der Waals surface area contributed by atoms with Crippen molar-refractivity contribution in [3.8, 4) is 5.88 Å². The summed E-state index contributed by atoms with van der Waals surface area (Å²) in [5.74, 6) is 1.39. The standard InChI is InChI=1S/C17H28N2O/c1-6-16-9-15(12-18-11-14(4)5)10-17(19-16)20-8-7-13(2)3/h9-10,14,18H,2,6-8,11-12H2,1,3-5H3. The predicted octanol–water partition coefficient (Wildman–Crippen LogP) is 3.73. The first-order valence-corrected chi connectivity index (χ1v) is 7.49. The fourth-order valence-corrected chi connectivity index (χ4v) is 1.81. The van der Waals surface area contributed by atoms with Gasteiger partial charge in [-0.1, -0.05) is 26.3 Å². The van der Waals surface area contributed by atoms with Gasteiger partial charge in [0.25, 0.3) is 0 Å². The molecule has 0 aliphatic carbocycles. The highest BCUT2D eigenvalue weighted by Crippen LogP contribution is 2.14. The van der Waals surface area contributed by atoms with Gasteiger partial charge in [-0.25, -0.2) is 4.98 Å². The number of ether oxygens (including phenoxy) is 1. The van der Waals surface area contributed by atoms with E-state index in [1.54, 1.807) is 0 Å². The molecule has 0 amide bonds. The molecule has 0 aromatic carbocycles. The summed E-state index contributed by atoms with van der Waals surface area (Å²) in [6, 6.07) is 4.18. The largest absolute Gasteiger partial charge is 0.477 e. The number of aryl methyl sites for hydroxylation is 1. The molecule has 1 aromatic rings. The molecule has 1 rings (SSSR count). The van der Waals surface area contributed by atoms with Crippen molar-refractivity contribution in [3.05, 3.63) is 35.5 Å². The van der Waals surface area contributed by atoms with E-state index in [1.165, 1.54) is 5.56 Å². The topological polar surface area (TPSA) is 34.1 Å². The Morgan fingerprint density at radius 3 is 2.75 bits per heavy atom. The second-order valence-corrected chi connectivity index (χ2v) is 5.74. The van der Waals surface area contributed by atoms with Crippen molar-refractivity contribution in [1.29, 1.82) is 0 Å². The minimum absolute atomic E-state index is 0.647. The second-order valence-electron chi connectivity index (χ2n) is 5.74. The van der Waals surface area contributed by atoms with Crippen LogP contribution in [0.15, 0.2) is 24.3 Å². The summed E-state index contributed by atoms with van der Waals surface area (Å²) in [6.07, 6.45) is 1.80. The van der Waals surface area contributed by atoms with Crippen molar-refractivity contribution in [1.82, 2.24) is 10.3 Å². The number of hydrogen-bond donors (Lipinski definition) is 1. The van der Waals surface area contributed by atoms with E-state index < -0.39 is 0 Å². The molecule has 3 heteroatoms. The predicted molar refractivity (Wildman–Crippen MR) is 85.1 cm³/mol. The number of nitrogens with one attached hydrogen (secondary N) is 1. The SMILES string of the molecule is C=C(C)CCOc1cc(CNCC(C)C)cc(CC)n1. The van der Waals surface area contributed by atoms with Crippen molar-refractivity contribution in [2.75, 3.05) is 13.2 Å². The Labute approximate surface area is 123 Å². The van der Waals surface area contributed by atoms with Crippen LogP contribution in [0.2, 0.25) is 0 Å². The van der Waals surface area contributed by atoms with Gasteiger partial charge in [-0.05, 0) is 37.4 Å². The van der Waals surface area contributed by atoms with Crippen LogP contribution < -0.4 is 10.1 Å². The van der Waals surface area contributed by atoms with E-state index in [4.69, 9.17) is 4.74 Å². The van der Waals surface area contributed by atoms with Crippen LogP contribution in [0.4, 0.5) is 0 Å². The molecule has 0 saturated heterocycles. The maximum Gasteiger partial charge on any atom is 0.213 e. The van der Waals surface area contributed by atoms with E-state index in [0.717, 1.165) is 43.1 Å². The highest BCUT2D eigenvalue weighted by atomic mass is 16.5. The Morgan fingerprint density at radius 2 is 2.15 bits per heavy atom. The first-order chi connectivity index (χ1) is 9.51. The normalized spacial score (nSPS) is 10.8. The van der Waals surface area contributed by atoms with Gasteiger partial charge in [0.05, 0.1) is 6.61 Å². The summed E-state index contributed by atoms with van der Waals surface area (Å²) in [7, 11) is 0. The third kappa shape index (κ3) is 6.71. The van der Waals surface area contributed by atoms with Gasteiger partial charge < -0.3 is 10.1 Å². The Kier molecular flexibility index (Phi) is 7.31. The molecular weight excluding hydrogens is 248 g/mol. The van der Waals surface area contributed by atoms with Gasteiger partial charge in [-0.3, -0.25) is 0 Å². The number of pyridine rings is 1. The Balaban J connectivity index is 2.62. The Morgan fingerprint density at radius 1 is 1.40 bits per heavy atom. The Bertz CT molecular complexity index is 427. The minimum atomic E-state index is 0.647. The maximum absolute atomic E-state index is 5.73. The monoisotopic (exact) mass is 276 g/mol. The fourth-order valence-electron chi connectivity index (χ4n) is 1.81. The van der Waals surface area contributed by atoms with Crippen molar-refractivity contribution >= 4 is 0 Å². The van der Waals surface area contributed by atoms with Crippen LogP contribution >= 0.6 is 0 Å². The van der Waals surface area contributed by atoms with Gasteiger partial charge in [-0.15, -0.1) is 6.58 Å². The summed E-state index contributed by atoms with van der Waals surface area (Å²) in [5.41, 5.74) is 3.46. The van der Waals surface area contributed by atoms with Gasteiger partial charge in [0, 0.05) is 24.7 Å². The van der Waals surface area contributed by atoms with Gasteiger partial charge in [0.2, 0.25) is 5.88 Å². The zero-order valence-corrected chi connectivity index (χ0v) is 13.3. The number of nitrogens with zero attached hydrogens (tertiary/aromatic N) is 1. The van der Waals surface area contributed by atoms with Crippen LogP contribution in [-0.2, 0) is 13.0 Å². The lowest BCUT2D eigenvalue weighted by atomic mass is 10.2. The van der Waals surface area contributed by atoms with E-state index in [0.29, 0.717) is 12.5 Å². The van der Waals surface area contributed by atoms with Crippen LogP contribution in [0.3, 0.4) is 0 Å². The minimum Gasteiger partial charge on any atom is -0.477 e. The molecule has 0 bridgehead atoms. The van der Waals surface area contributed by atoms with Crippen molar-refractivity contribution in [2.24, 2.45) is 5.92 Å². The van der Waals surface area contributed by atoms with Crippen LogP contribution in [0, 0.1) is 5.92 Å². The lowest BCUT2D eigenvalue weighted by Gasteiger charge is -2.11. The van der Waals surface area contributed by atoms with Gasteiger partial charge >= 0.3 is 0 Å². The molecule has 0 unspecified atom stereocenters. The summed E-state index contributed by atoms with van der Waals surface area (Å²) < 4.78 is 5.73. The van der Waals surface area contributed by atoms with Crippen LogP contribution in [0.1, 0.15) is 45.4 Å². The van der Waals surface area contributed by atoms with Crippen molar-refractivity contribution in [2.45, 2.75) is 47.1 Å². The number of hydrogen-bond acceptors (Lipinski definition) is 3. The smallest absolute Gasteiger partial charge is 0.213 e. The van der Waals surface area contributed by atoms with Gasteiger partial charge in [-0.2, -0.15) is 0 Å². The third-order valence-electron chi connectivity index (χ3n) is 2.94. The van der Waals surface area contributed by atoms with Gasteiger partial charge in [0.1, 0.15) is 0 Å².